The standard InChI is InChI=1S/C13H14N2OS/c1-2-7-14-13-15-10-6-4-3-5-9(10)12(16)11(15)8-17-13/h3-6,11H,2,7-8H2,1H3. The first-order chi connectivity index (χ1) is 8.33. The molecule has 0 radical (unpaired) electrons. The highest BCUT2D eigenvalue weighted by Gasteiger charge is 2.43. The van der Waals surface area contributed by atoms with Crippen LogP contribution in [0.15, 0.2) is 29.3 Å². The van der Waals surface area contributed by atoms with Gasteiger partial charge in [-0.3, -0.25) is 9.79 Å². The highest BCUT2D eigenvalue weighted by molar-refractivity contribution is 8.14. The van der Waals surface area contributed by atoms with Gasteiger partial charge in [-0.25, -0.2) is 0 Å². The first-order valence-electron chi connectivity index (χ1n) is 5.92. The molecule has 1 atom stereocenters. The summed E-state index contributed by atoms with van der Waals surface area (Å²) in [6, 6.07) is 7.82. The Kier molecular flexibility index (Phi) is 2.67. The number of carbonyl (C=O) groups is 1. The van der Waals surface area contributed by atoms with Crippen LogP contribution < -0.4 is 4.90 Å². The molecule has 2 aliphatic rings. The van der Waals surface area contributed by atoms with Crippen LogP contribution in [0.25, 0.3) is 0 Å². The minimum absolute atomic E-state index is 0.0204. The average molecular weight is 246 g/mol. The van der Waals surface area contributed by atoms with Crippen molar-refractivity contribution < 1.29 is 4.79 Å². The van der Waals surface area contributed by atoms with Gasteiger partial charge in [-0.05, 0) is 18.6 Å². The molecule has 0 spiro atoms. The summed E-state index contributed by atoms with van der Waals surface area (Å²) >= 11 is 1.70. The first-order valence-corrected chi connectivity index (χ1v) is 6.91. The number of benzene rings is 1. The number of Topliss-reactive ketones (excluding diaryl/α,β-unsaturated/α-hetero) is 1. The van der Waals surface area contributed by atoms with Gasteiger partial charge in [-0.1, -0.05) is 30.8 Å². The molecule has 1 saturated heterocycles. The Labute approximate surface area is 105 Å². The van der Waals surface area contributed by atoms with Crippen LogP contribution in [0.4, 0.5) is 5.69 Å². The van der Waals surface area contributed by atoms with Crippen molar-refractivity contribution in [3.05, 3.63) is 29.8 Å². The van der Waals surface area contributed by atoms with Gasteiger partial charge < -0.3 is 4.90 Å². The number of thioether (sulfide) groups is 1. The third-order valence-electron chi connectivity index (χ3n) is 3.09. The molecule has 0 aromatic heterocycles. The van der Waals surface area contributed by atoms with E-state index in [4.69, 9.17) is 0 Å². The van der Waals surface area contributed by atoms with Gasteiger partial charge in [0.15, 0.2) is 11.0 Å². The van der Waals surface area contributed by atoms with Gasteiger partial charge in [0.25, 0.3) is 0 Å². The second-order valence-electron chi connectivity index (χ2n) is 4.24. The summed E-state index contributed by atoms with van der Waals surface area (Å²) in [5.74, 6) is 1.07. The summed E-state index contributed by atoms with van der Waals surface area (Å²) in [6.45, 7) is 2.95. The van der Waals surface area contributed by atoms with E-state index in [2.05, 4.69) is 16.8 Å². The van der Waals surface area contributed by atoms with Crippen molar-refractivity contribution >= 4 is 28.4 Å². The fourth-order valence-electron chi connectivity index (χ4n) is 2.30. The molecule has 0 amide bonds. The molecule has 0 N–H and O–H groups in total. The van der Waals surface area contributed by atoms with E-state index < -0.39 is 0 Å². The molecule has 3 nitrogen and oxygen atoms in total. The normalized spacial score (nSPS) is 24.3. The molecular formula is C13H14N2OS. The van der Waals surface area contributed by atoms with E-state index in [1.54, 1.807) is 11.8 Å². The molecule has 17 heavy (non-hydrogen) atoms. The lowest BCUT2D eigenvalue weighted by molar-refractivity contribution is 0.0983. The maximum Gasteiger partial charge on any atom is 0.188 e. The summed E-state index contributed by atoms with van der Waals surface area (Å²) in [5, 5.41) is 1.01. The van der Waals surface area contributed by atoms with E-state index in [1.165, 1.54) is 0 Å². The van der Waals surface area contributed by atoms with Gasteiger partial charge in [0.1, 0.15) is 6.04 Å². The fraction of sp³-hybridized carbons (Fsp3) is 0.385. The summed E-state index contributed by atoms with van der Waals surface area (Å²) < 4.78 is 0. The van der Waals surface area contributed by atoms with Crippen molar-refractivity contribution in [2.24, 2.45) is 4.99 Å². The summed E-state index contributed by atoms with van der Waals surface area (Å²) in [4.78, 5) is 18.9. The number of ketones is 1. The molecule has 1 fully saturated rings. The highest BCUT2D eigenvalue weighted by atomic mass is 32.2. The number of fused-ring (bicyclic) bond motifs is 3. The minimum Gasteiger partial charge on any atom is -0.309 e. The number of hydrogen-bond donors (Lipinski definition) is 0. The maximum atomic E-state index is 12.2. The smallest absolute Gasteiger partial charge is 0.188 e. The van der Waals surface area contributed by atoms with Crippen molar-refractivity contribution in [3.63, 3.8) is 0 Å². The second-order valence-corrected chi connectivity index (χ2v) is 5.23. The number of hydrogen-bond acceptors (Lipinski definition) is 3. The Morgan fingerprint density at radius 2 is 2.29 bits per heavy atom. The topological polar surface area (TPSA) is 32.7 Å². The van der Waals surface area contributed by atoms with Gasteiger partial charge in [-0.2, -0.15) is 0 Å². The van der Waals surface area contributed by atoms with Gasteiger partial charge in [0, 0.05) is 17.9 Å². The number of aliphatic imine (C=N–C) groups is 1. The lowest BCUT2D eigenvalue weighted by Gasteiger charge is -2.17. The Balaban J connectivity index is 2.02. The SMILES string of the molecule is CCCN=C1SCC2C(=O)c3ccccc3N12. The van der Waals surface area contributed by atoms with Crippen LogP contribution in [-0.4, -0.2) is 29.3 Å². The molecule has 0 bridgehead atoms. The number of rotatable bonds is 2. The summed E-state index contributed by atoms with van der Waals surface area (Å²) in [7, 11) is 0. The Morgan fingerprint density at radius 3 is 3.12 bits per heavy atom. The van der Waals surface area contributed by atoms with Crippen molar-refractivity contribution in [3.8, 4) is 0 Å². The zero-order chi connectivity index (χ0) is 11.8. The van der Waals surface area contributed by atoms with E-state index in [1.807, 2.05) is 24.3 Å². The minimum atomic E-state index is -0.0204. The van der Waals surface area contributed by atoms with Crippen LogP contribution in [-0.2, 0) is 0 Å². The Hall–Kier alpha value is -1.29. The van der Waals surface area contributed by atoms with Crippen LogP contribution in [0.2, 0.25) is 0 Å². The van der Waals surface area contributed by atoms with Crippen LogP contribution >= 0.6 is 11.8 Å². The predicted molar refractivity (Wildman–Crippen MR) is 72.1 cm³/mol. The lowest BCUT2D eigenvalue weighted by atomic mass is 10.1. The van der Waals surface area contributed by atoms with Crippen molar-refractivity contribution in [2.75, 3.05) is 17.2 Å². The first kappa shape index (κ1) is 10.8. The number of nitrogens with zero attached hydrogens (tertiary/aromatic N) is 2. The van der Waals surface area contributed by atoms with Crippen LogP contribution in [0.3, 0.4) is 0 Å². The zero-order valence-corrected chi connectivity index (χ0v) is 10.5. The molecule has 1 aromatic carbocycles. The molecule has 1 unspecified atom stereocenters. The molecule has 1 aromatic rings. The maximum absolute atomic E-state index is 12.2. The van der Waals surface area contributed by atoms with E-state index in [-0.39, 0.29) is 11.8 Å². The number of amidine groups is 1. The van der Waals surface area contributed by atoms with Gasteiger partial charge in [0.05, 0.1) is 5.69 Å². The van der Waals surface area contributed by atoms with Crippen molar-refractivity contribution in [1.29, 1.82) is 0 Å². The monoisotopic (exact) mass is 246 g/mol. The molecule has 88 valence electrons. The van der Waals surface area contributed by atoms with Gasteiger partial charge in [-0.15, -0.1) is 0 Å². The molecule has 0 aliphatic carbocycles. The average Bonchev–Trinajstić information content (AvgIpc) is 2.89. The molecule has 3 rings (SSSR count). The van der Waals surface area contributed by atoms with Gasteiger partial charge >= 0.3 is 0 Å². The van der Waals surface area contributed by atoms with Crippen LogP contribution in [0, 0.1) is 0 Å². The van der Waals surface area contributed by atoms with E-state index >= 15 is 0 Å². The highest BCUT2D eigenvalue weighted by Crippen LogP contribution is 2.40. The zero-order valence-electron chi connectivity index (χ0n) is 9.72. The number of anilines is 1. The molecule has 0 saturated carbocycles. The molecular weight excluding hydrogens is 232 g/mol. The molecule has 2 aliphatic heterocycles. The third kappa shape index (κ3) is 1.59. The Morgan fingerprint density at radius 1 is 1.47 bits per heavy atom. The third-order valence-corrected chi connectivity index (χ3v) is 4.16. The Bertz CT molecular complexity index is 498. The van der Waals surface area contributed by atoms with Crippen LogP contribution in [0.1, 0.15) is 23.7 Å². The predicted octanol–water partition coefficient (Wildman–Crippen LogP) is 2.57. The molecule has 4 heteroatoms. The fourth-order valence-corrected chi connectivity index (χ4v) is 3.45. The quantitative estimate of drug-likeness (QED) is 0.804. The lowest BCUT2D eigenvalue weighted by Crippen LogP contribution is -2.33. The van der Waals surface area contributed by atoms with Crippen molar-refractivity contribution in [1.82, 2.24) is 0 Å². The van der Waals surface area contributed by atoms with E-state index in [9.17, 15) is 4.79 Å². The van der Waals surface area contributed by atoms with Crippen LogP contribution in [0.5, 0.6) is 0 Å². The van der Waals surface area contributed by atoms with E-state index in [0.29, 0.717) is 0 Å². The molecule has 2 heterocycles. The summed E-state index contributed by atoms with van der Waals surface area (Å²) in [6.07, 6.45) is 1.04. The number of para-hydroxylation sites is 1. The number of carbonyl (C=O) groups excluding carboxylic acids is 1. The second kappa shape index (κ2) is 4.18. The van der Waals surface area contributed by atoms with Crippen molar-refractivity contribution in [2.45, 2.75) is 19.4 Å². The van der Waals surface area contributed by atoms with Gasteiger partial charge in [0.2, 0.25) is 0 Å². The largest absolute Gasteiger partial charge is 0.309 e. The summed E-state index contributed by atoms with van der Waals surface area (Å²) in [5.41, 5.74) is 1.88. The van der Waals surface area contributed by atoms with E-state index in [0.717, 1.165) is 35.1 Å².